The van der Waals surface area contributed by atoms with Gasteiger partial charge >= 0.3 is 0 Å². The number of aromatic nitrogens is 2. The molecule has 1 aliphatic rings. The summed E-state index contributed by atoms with van der Waals surface area (Å²) in [7, 11) is 0. The normalized spacial score (nSPS) is 16.7. The fourth-order valence-corrected chi connectivity index (χ4v) is 4.33. The molecule has 1 saturated heterocycles. The number of nitrogens with two attached hydrogens (primary N) is 2. The van der Waals surface area contributed by atoms with Crippen LogP contribution >= 0.6 is 34.5 Å². The first-order valence-electron chi connectivity index (χ1n) is 8.26. The minimum absolute atomic E-state index is 0.233. The average molecular weight is 423 g/mol. The van der Waals surface area contributed by atoms with Gasteiger partial charge < -0.3 is 22.1 Å². The van der Waals surface area contributed by atoms with Gasteiger partial charge in [-0.3, -0.25) is 4.79 Å². The van der Waals surface area contributed by atoms with E-state index in [9.17, 15) is 4.79 Å². The quantitative estimate of drug-likeness (QED) is 0.512. The van der Waals surface area contributed by atoms with Gasteiger partial charge in [-0.2, -0.15) is 0 Å². The summed E-state index contributed by atoms with van der Waals surface area (Å²) in [6.07, 6.45) is 0.975. The molecule has 1 atom stereocenters. The van der Waals surface area contributed by atoms with Crippen molar-refractivity contribution in [1.29, 1.82) is 0 Å². The molecule has 0 bridgehead atoms. The van der Waals surface area contributed by atoms with Crippen LogP contribution in [-0.4, -0.2) is 35.0 Å². The molecule has 1 aromatic carbocycles. The maximum Gasteiger partial charge on any atom is 0.260 e. The molecule has 1 amide bonds. The molecule has 10 heteroatoms. The van der Waals surface area contributed by atoms with Gasteiger partial charge in [-0.05, 0) is 25.1 Å². The Balaban J connectivity index is 1.91. The fourth-order valence-electron chi connectivity index (χ4n) is 3.08. The van der Waals surface area contributed by atoms with Gasteiger partial charge in [0.05, 0.1) is 26.8 Å². The number of carbonyl (C=O) groups excluding carboxylic acids is 1. The van der Waals surface area contributed by atoms with E-state index in [1.54, 1.807) is 18.2 Å². The standard InChI is InChI=1S/C17H16Cl2N6OS/c18-9-2-1-7(5-10(9)19)13-11-12(20)14(15(21)26)27-16(11)25-17(24-13)23-8-3-4-22-6-8/h1-2,5,8,22H,3-4,6,20H2,(H2,21,26)(H,23,24,25)/t8-/m1/s1. The Bertz CT molecular complexity index is 1050. The fraction of sp³-hybridized carbons (Fsp3) is 0.235. The van der Waals surface area contributed by atoms with Crippen LogP contribution in [-0.2, 0) is 0 Å². The van der Waals surface area contributed by atoms with Crippen LogP contribution < -0.4 is 22.1 Å². The Labute approximate surface area is 169 Å². The van der Waals surface area contributed by atoms with E-state index in [4.69, 9.17) is 34.7 Å². The third-order valence-corrected chi connectivity index (χ3v) is 6.25. The second-order valence-electron chi connectivity index (χ2n) is 6.25. The number of benzene rings is 1. The van der Waals surface area contributed by atoms with Gasteiger partial charge in [-0.25, -0.2) is 9.97 Å². The Hall–Kier alpha value is -2.13. The van der Waals surface area contributed by atoms with Crippen molar-refractivity contribution in [2.24, 2.45) is 5.73 Å². The zero-order valence-electron chi connectivity index (χ0n) is 14.1. The zero-order chi connectivity index (χ0) is 19.1. The lowest BCUT2D eigenvalue weighted by molar-refractivity contribution is 0.100. The molecule has 7 nitrogen and oxygen atoms in total. The van der Waals surface area contributed by atoms with Gasteiger partial charge in [0.15, 0.2) is 0 Å². The van der Waals surface area contributed by atoms with E-state index in [2.05, 4.69) is 20.6 Å². The number of halogens is 2. The molecular formula is C17H16Cl2N6OS. The summed E-state index contributed by atoms with van der Waals surface area (Å²) in [5.41, 5.74) is 13.2. The number of carbonyl (C=O) groups is 1. The lowest BCUT2D eigenvalue weighted by Gasteiger charge is -2.13. The molecule has 4 rings (SSSR count). The molecule has 0 aliphatic carbocycles. The summed E-state index contributed by atoms with van der Waals surface area (Å²) in [5, 5.41) is 8.05. The first-order valence-corrected chi connectivity index (χ1v) is 9.83. The number of nitrogens with one attached hydrogen (secondary N) is 2. The summed E-state index contributed by atoms with van der Waals surface area (Å²) in [6, 6.07) is 5.45. The zero-order valence-corrected chi connectivity index (χ0v) is 16.4. The number of amides is 1. The van der Waals surface area contributed by atoms with E-state index in [1.807, 2.05) is 0 Å². The van der Waals surface area contributed by atoms with E-state index in [-0.39, 0.29) is 16.6 Å². The number of rotatable bonds is 4. The minimum Gasteiger partial charge on any atom is -0.397 e. The van der Waals surface area contributed by atoms with Crippen LogP contribution in [0.5, 0.6) is 0 Å². The van der Waals surface area contributed by atoms with Crippen molar-refractivity contribution in [3.05, 3.63) is 33.1 Å². The SMILES string of the molecule is NC(=O)c1sc2nc(N[C@@H]3CCNC3)nc(-c3ccc(Cl)c(Cl)c3)c2c1N. The molecular weight excluding hydrogens is 407 g/mol. The summed E-state index contributed by atoms with van der Waals surface area (Å²) in [4.78, 5) is 21.8. The first kappa shape index (κ1) is 18.2. The molecule has 0 radical (unpaired) electrons. The number of nitrogens with zero attached hydrogens (tertiary/aromatic N) is 2. The molecule has 140 valence electrons. The molecule has 1 aliphatic heterocycles. The van der Waals surface area contributed by atoms with E-state index in [0.717, 1.165) is 36.4 Å². The second kappa shape index (κ2) is 7.12. The summed E-state index contributed by atoms with van der Waals surface area (Å²) in [5.74, 6) is -0.125. The van der Waals surface area contributed by atoms with Crippen LogP contribution in [0.25, 0.3) is 21.5 Å². The number of nitrogen functional groups attached to an aromatic ring is 1. The van der Waals surface area contributed by atoms with Crippen LogP contribution in [0, 0.1) is 0 Å². The lowest BCUT2D eigenvalue weighted by Crippen LogP contribution is -2.23. The Morgan fingerprint density at radius 2 is 2.11 bits per heavy atom. The molecule has 27 heavy (non-hydrogen) atoms. The average Bonchev–Trinajstić information content (AvgIpc) is 3.25. The molecule has 1 fully saturated rings. The largest absolute Gasteiger partial charge is 0.397 e. The van der Waals surface area contributed by atoms with Crippen molar-refractivity contribution >= 4 is 62.3 Å². The van der Waals surface area contributed by atoms with Crippen molar-refractivity contribution in [3.8, 4) is 11.3 Å². The maximum absolute atomic E-state index is 11.7. The predicted octanol–water partition coefficient (Wildman–Crippen LogP) is 3.12. The predicted molar refractivity (Wildman–Crippen MR) is 111 cm³/mol. The van der Waals surface area contributed by atoms with Crippen LogP contribution in [0.2, 0.25) is 10.0 Å². The Morgan fingerprint density at radius 3 is 2.78 bits per heavy atom. The van der Waals surface area contributed by atoms with Crippen LogP contribution in [0.1, 0.15) is 16.1 Å². The molecule has 0 spiro atoms. The second-order valence-corrected chi connectivity index (χ2v) is 8.06. The van der Waals surface area contributed by atoms with Crippen LogP contribution in [0.15, 0.2) is 18.2 Å². The van der Waals surface area contributed by atoms with Crippen molar-refractivity contribution in [2.75, 3.05) is 24.1 Å². The number of primary amides is 1. The highest BCUT2D eigenvalue weighted by Crippen LogP contribution is 2.40. The van der Waals surface area contributed by atoms with Gasteiger partial charge in [0.1, 0.15) is 9.71 Å². The number of hydrogen-bond acceptors (Lipinski definition) is 7. The van der Waals surface area contributed by atoms with Crippen molar-refractivity contribution in [1.82, 2.24) is 15.3 Å². The van der Waals surface area contributed by atoms with E-state index in [0.29, 0.717) is 31.9 Å². The van der Waals surface area contributed by atoms with Gasteiger partial charge in [-0.1, -0.05) is 29.3 Å². The summed E-state index contributed by atoms with van der Waals surface area (Å²) in [6.45, 7) is 1.78. The Morgan fingerprint density at radius 1 is 1.30 bits per heavy atom. The molecule has 0 unspecified atom stereocenters. The smallest absolute Gasteiger partial charge is 0.260 e. The van der Waals surface area contributed by atoms with Crippen LogP contribution in [0.3, 0.4) is 0 Å². The minimum atomic E-state index is -0.593. The molecule has 3 heterocycles. The van der Waals surface area contributed by atoms with Gasteiger partial charge in [-0.15, -0.1) is 11.3 Å². The number of hydrogen-bond donors (Lipinski definition) is 4. The third kappa shape index (κ3) is 3.41. The maximum atomic E-state index is 11.7. The summed E-state index contributed by atoms with van der Waals surface area (Å²) < 4.78 is 0. The lowest BCUT2D eigenvalue weighted by atomic mass is 10.1. The number of anilines is 2. The highest BCUT2D eigenvalue weighted by atomic mass is 35.5. The van der Waals surface area contributed by atoms with E-state index < -0.39 is 5.91 Å². The molecule has 6 N–H and O–H groups in total. The van der Waals surface area contributed by atoms with Gasteiger partial charge in [0.25, 0.3) is 5.91 Å². The third-order valence-electron chi connectivity index (χ3n) is 4.40. The Kier molecular flexibility index (Phi) is 4.81. The van der Waals surface area contributed by atoms with Crippen LogP contribution in [0.4, 0.5) is 11.6 Å². The topological polar surface area (TPSA) is 119 Å². The first-order chi connectivity index (χ1) is 12.9. The van der Waals surface area contributed by atoms with Crippen molar-refractivity contribution in [2.45, 2.75) is 12.5 Å². The molecule has 3 aromatic rings. The monoisotopic (exact) mass is 422 g/mol. The van der Waals surface area contributed by atoms with Crippen molar-refractivity contribution in [3.63, 3.8) is 0 Å². The number of fused-ring (bicyclic) bond motifs is 1. The van der Waals surface area contributed by atoms with E-state index >= 15 is 0 Å². The molecule has 0 saturated carbocycles. The molecule has 2 aromatic heterocycles. The highest BCUT2D eigenvalue weighted by Gasteiger charge is 2.22. The van der Waals surface area contributed by atoms with E-state index in [1.165, 1.54) is 0 Å². The van der Waals surface area contributed by atoms with Crippen molar-refractivity contribution < 1.29 is 4.79 Å². The van der Waals surface area contributed by atoms with Gasteiger partial charge in [0, 0.05) is 18.2 Å². The number of thiophene rings is 1. The highest BCUT2D eigenvalue weighted by molar-refractivity contribution is 7.21. The van der Waals surface area contributed by atoms with Gasteiger partial charge in [0.2, 0.25) is 5.95 Å². The summed E-state index contributed by atoms with van der Waals surface area (Å²) >= 11 is 13.4.